The first kappa shape index (κ1) is 16.4. The van der Waals surface area contributed by atoms with Crippen molar-refractivity contribution in [3.8, 4) is 0 Å². The van der Waals surface area contributed by atoms with E-state index in [-0.39, 0.29) is 5.91 Å². The molecule has 0 unspecified atom stereocenters. The smallest absolute Gasteiger partial charge is 0.225 e. The van der Waals surface area contributed by atoms with Gasteiger partial charge in [0.1, 0.15) is 0 Å². The van der Waals surface area contributed by atoms with E-state index in [9.17, 15) is 9.18 Å². The molecule has 4 heterocycles. The van der Waals surface area contributed by atoms with Crippen LogP contribution in [-0.2, 0) is 17.8 Å². The Morgan fingerprint density at radius 2 is 2.00 bits per heavy atom. The zero-order valence-electron chi connectivity index (χ0n) is 14.0. The van der Waals surface area contributed by atoms with Crippen LogP contribution in [0.4, 0.5) is 10.3 Å². The number of anilines is 1. The summed E-state index contributed by atoms with van der Waals surface area (Å²) in [6.07, 6.45) is 5.91. The minimum atomic E-state index is -0.417. The third kappa shape index (κ3) is 3.66. The Bertz CT molecular complexity index is 740. The molecule has 2 aliphatic heterocycles. The van der Waals surface area contributed by atoms with Crippen molar-refractivity contribution in [3.63, 3.8) is 0 Å². The van der Waals surface area contributed by atoms with E-state index >= 15 is 0 Å². The van der Waals surface area contributed by atoms with E-state index in [1.54, 1.807) is 11.3 Å². The Morgan fingerprint density at radius 1 is 1.24 bits per heavy atom. The molecule has 0 atom stereocenters. The first-order chi connectivity index (χ1) is 12.2. The van der Waals surface area contributed by atoms with Crippen molar-refractivity contribution in [2.45, 2.75) is 32.2 Å². The maximum atomic E-state index is 12.9. The van der Waals surface area contributed by atoms with Gasteiger partial charge in [0, 0.05) is 37.5 Å². The van der Waals surface area contributed by atoms with Crippen LogP contribution in [0.2, 0.25) is 0 Å². The average Bonchev–Trinajstić information content (AvgIpc) is 3.11. The SMILES string of the molecule is O=C(CC1CCN(c2ncc(F)cn2)CC1)N1CCc2sccc2C1. The predicted molar refractivity (Wildman–Crippen MR) is 95.0 cm³/mol. The van der Waals surface area contributed by atoms with E-state index in [1.165, 1.54) is 22.8 Å². The quantitative estimate of drug-likeness (QED) is 0.845. The molecule has 0 N–H and O–H groups in total. The highest BCUT2D eigenvalue weighted by Gasteiger charge is 2.27. The fraction of sp³-hybridized carbons (Fsp3) is 0.500. The van der Waals surface area contributed by atoms with Crippen LogP contribution in [0.5, 0.6) is 0 Å². The molecule has 25 heavy (non-hydrogen) atoms. The van der Waals surface area contributed by atoms with Gasteiger partial charge in [0.05, 0.1) is 12.4 Å². The second-order valence-electron chi connectivity index (χ2n) is 6.77. The number of halogens is 1. The summed E-state index contributed by atoms with van der Waals surface area (Å²) in [7, 11) is 0. The number of amides is 1. The summed E-state index contributed by atoms with van der Waals surface area (Å²) >= 11 is 1.79. The number of aromatic nitrogens is 2. The lowest BCUT2D eigenvalue weighted by Crippen LogP contribution is -2.39. The van der Waals surface area contributed by atoms with Crippen LogP contribution in [-0.4, -0.2) is 40.4 Å². The molecule has 0 bridgehead atoms. The Balaban J connectivity index is 1.28. The van der Waals surface area contributed by atoms with Gasteiger partial charge in [-0.2, -0.15) is 0 Å². The number of hydrogen-bond acceptors (Lipinski definition) is 5. The summed E-state index contributed by atoms with van der Waals surface area (Å²) in [5.74, 6) is 0.841. The number of thiophene rings is 1. The first-order valence-electron chi connectivity index (χ1n) is 8.74. The number of nitrogens with zero attached hydrogens (tertiary/aromatic N) is 4. The molecule has 1 fully saturated rings. The molecule has 0 aliphatic carbocycles. The molecule has 5 nitrogen and oxygen atoms in total. The predicted octanol–water partition coefficient (Wildman–Crippen LogP) is 2.87. The molecule has 0 saturated carbocycles. The van der Waals surface area contributed by atoms with Crippen LogP contribution < -0.4 is 4.90 Å². The fourth-order valence-electron chi connectivity index (χ4n) is 3.64. The van der Waals surface area contributed by atoms with Crippen LogP contribution in [0.15, 0.2) is 23.8 Å². The van der Waals surface area contributed by atoms with Crippen LogP contribution in [0.1, 0.15) is 29.7 Å². The highest BCUT2D eigenvalue weighted by atomic mass is 32.1. The molecule has 0 spiro atoms. The van der Waals surface area contributed by atoms with Gasteiger partial charge >= 0.3 is 0 Å². The van der Waals surface area contributed by atoms with Gasteiger partial charge in [0.2, 0.25) is 11.9 Å². The minimum Gasteiger partial charge on any atom is -0.341 e. The second-order valence-corrected chi connectivity index (χ2v) is 7.77. The average molecular weight is 360 g/mol. The normalized spacial score (nSPS) is 18.3. The second kappa shape index (κ2) is 7.07. The molecule has 1 saturated heterocycles. The van der Waals surface area contributed by atoms with Crippen molar-refractivity contribution >= 4 is 23.2 Å². The zero-order valence-corrected chi connectivity index (χ0v) is 14.8. The van der Waals surface area contributed by atoms with Crippen molar-refractivity contribution in [2.75, 3.05) is 24.5 Å². The van der Waals surface area contributed by atoms with Crippen molar-refractivity contribution in [1.82, 2.24) is 14.9 Å². The van der Waals surface area contributed by atoms with E-state index in [1.807, 2.05) is 4.90 Å². The third-order valence-electron chi connectivity index (χ3n) is 5.13. The van der Waals surface area contributed by atoms with Crippen LogP contribution in [0, 0.1) is 11.7 Å². The van der Waals surface area contributed by atoms with E-state index < -0.39 is 5.82 Å². The highest BCUT2D eigenvalue weighted by molar-refractivity contribution is 7.10. The Morgan fingerprint density at radius 3 is 2.76 bits per heavy atom. The van der Waals surface area contributed by atoms with Gasteiger partial charge in [-0.3, -0.25) is 4.79 Å². The Kier molecular flexibility index (Phi) is 4.65. The third-order valence-corrected chi connectivity index (χ3v) is 6.15. The summed E-state index contributed by atoms with van der Waals surface area (Å²) in [5.41, 5.74) is 1.31. The van der Waals surface area contributed by atoms with E-state index in [4.69, 9.17) is 0 Å². The molecule has 7 heteroatoms. The number of hydrogen-bond donors (Lipinski definition) is 0. The maximum absolute atomic E-state index is 12.9. The zero-order chi connectivity index (χ0) is 17.2. The highest BCUT2D eigenvalue weighted by Crippen LogP contribution is 2.27. The monoisotopic (exact) mass is 360 g/mol. The Labute approximate surface area is 150 Å². The van der Waals surface area contributed by atoms with E-state index in [2.05, 4.69) is 26.3 Å². The van der Waals surface area contributed by atoms with Gasteiger partial charge in [0.25, 0.3) is 0 Å². The van der Waals surface area contributed by atoms with Crippen LogP contribution in [0.25, 0.3) is 0 Å². The molecule has 1 amide bonds. The van der Waals surface area contributed by atoms with Gasteiger partial charge in [-0.25, -0.2) is 14.4 Å². The lowest BCUT2D eigenvalue weighted by atomic mass is 9.92. The van der Waals surface area contributed by atoms with E-state index in [0.29, 0.717) is 18.3 Å². The van der Waals surface area contributed by atoms with Gasteiger partial charge in [0.15, 0.2) is 5.82 Å². The largest absolute Gasteiger partial charge is 0.341 e. The molecule has 0 radical (unpaired) electrons. The summed E-state index contributed by atoms with van der Waals surface area (Å²) in [4.78, 5) is 26.2. The van der Waals surface area contributed by atoms with Crippen molar-refractivity contribution in [1.29, 1.82) is 0 Å². The standard InChI is InChI=1S/C18H21FN4OS/c19-15-10-20-18(21-11-15)22-5-1-13(2-6-22)9-17(24)23-7-3-16-14(12-23)4-8-25-16/h4,8,10-11,13H,1-3,5-7,9,12H2. The molecule has 132 valence electrons. The number of carbonyl (C=O) groups is 1. The topological polar surface area (TPSA) is 49.3 Å². The fourth-order valence-corrected chi connectivity index (χ4v) is 4.53. The van der Waals surface area contributed by atoms with Crippen LogP contribution >= 0.6 is 11.3 Å². The number of piperidine rings is 1. The number of rotatable bonds is 3. The van der Waals surface area contributed by atoms with Crippen molar-refractivity contribution in [3.05, 3.63) is 40.1 Å². The summed E-state index contributed by atoms with van der Waals surface area (Å²) in [6, 6.07) is 2.14. The molecule has 0 aromatic carbocycles. The minimum absolute atomic E-state index is 0.272. The molecule has 2 aromatic rings. The molecule has 4 rings (SSSR count). The molecule has 2 aliphatic rings. The van der Waals surface area contributed by atoms with Gasteiger partial charge < -0.3 is 9.80 Å². The van der Waals surface area contributed by atoms with Gasteiger partial charge in [-0.15, -0.1) is 11.3 Å². The molecular weight excluding hydrogens is 339 g/mol. The summed E-state index contributed by atoms with van der Waals surface area (Å²) < 4.78 is 12.9. The van der Waals surface area contributed by atoms with Crippen LogP contribution in [0.3, 0.4) is 0 Å². The van der Waals surface area contributed by atoms with Gasteiger partial charge in [-0.1, -0.05) is 0 Å². The lowest BCUT2D eigenvalue weighted by Gasteiger charge is -2.33. The van der Waals surface area contributed by atoms with Crippen molar-refractivity contribution in [2.24, 2.45) is 5.92 Å². The van der Waals surface area contributed by atoms with Crippen molar-refractivity contribution < 1.29 is 9.18 Å². The molecule has 2 aromatic heterocycles. The Hall–Kier alpha value is -2.02. The number of carbonyl (C=O) groups excluding carboxylic acids is 1. The van der Waals surface area contributed by atoms with E-state index in [0.717, 1.165) is 45.4 Å². The summed E-state index contributed by atoms with van der Waals surface area (Å²) in [5, 5.41) is 2.12. The lowest BCUT2D eigenvalue weighted by molar-refractivity contribution is -0.133. The number of fused-ring (bicyclic) bond motifs is 1. The summed E-state index contributed by atoms with van der Waals surface area (Å²) in [6.45, 7) is 3.24. The maximum Gasteiger partial charge on any atom is 0.225 e. The molecular formula is C18H21FN4OS. The van der Waals surface area contributed by atoms with Gasteiger partial charge in [-0.05, 0) is 42.2 Å². The first-order valence-corrected chi connectivity index (χ1v) is 9.62.